The molecule has 8 rings (SSSR count). The summed E-state index contributed by atoms with van der Waals surface area (Å²) in [5, 5.41) is 6.02. The van der Waals surface area contributed by atoms with Crippen molar-refractivity contribution in [1.82, 2.24) is 25.5 Å². The highest BCUT2D eigenvalue weighted by molar-refractivity contribution is 5.97. The highest BCUT2D eigenvalue weighted by Crippen LogP contribution is 2.29. The predicted molar refractivity (Wildman–Crippen MR) is 172 cm³/mol. The van der Waals surface area contributed by atoms with Gasteiger partial charge in [0.25, 0.3) is 17.7 Å². The third-order valence-electron chi connectivity index (χ3n) is 8.83. The molecule has 3 aliphatic heterocycles. The zero-order chi connectivity index (χ0) is 32.3. The summed E-state index contributed by atoms with van der Waals surface area (Å²) in [6, 6.07) is 17.9. The van der Waals surface area contributed by atoms with Crippen LogP contribution in [0.15, 0.2) is 73.1 Å². The number of fused-ring (bicyclic) bond motifs is 8. The van der Waals surface area contributed by atoms with Crippen molar-refractivity contribution >= 4 is 17.7 Å². The quantitative estimate of drug-likeness (QED) is 0.341. The monoisotopic (exact) mass is 633 g/mol. The van der Waals surface area contributed by atoms with Gasteiger partial charge in [0.15, 0.2) is 6.61 Å². The van der Waals surface area contributed by atoms with E-state index < -0.39 is 12.1 Å². The topological polar surface area (TPSA) is 132 Å². The molecule has 1 saturated heterocycles. The van der Waals surface area contributed by atoms with Gasteiger partial charge < -0.3 is 29.7 Å². The molecule has 2 aromatic heterocycles. The number of amides is 3. The highest BCUT2D eigenvalue weighted by atomic mass is 16.5. The second kappa shape index (κ2) is 13.1. The van der Waals surface area contributed by atoms with Gasteiger partial charge in [-0.2, -0.15) is 0 Å². The minimum absolute atomic E-state index is 0.135. The number of nitrogens with zero attached hydrogens (tertiary/aromatic N) is 3. The van der Waals surface area contributed by atoms with Gasteiger partial charge in [0, 0.05) is 49.7 Å². The number of aromatic nitrogens is 2. The lowest BCUT2D eigenvalue weighted by molar-refractivity contribution is -0.123. The van der Waals surface area contributed by atoms with Crippen LogP contribution in [0.4, 0.5) is 0 Å². The zero-order valence-corrected chi connectivity index (χ0v) is 26.0. The van der Waals surface area contributed by atoms with Crippen LogP contribution >= 0.6 is 0 Å². The molecular weight excluding hydrogens is 598 g/mol. The largest absolute Gasteiger partial charge is 0.488 e. The second-order valence-corrected chi connectivity index (χ2v) is 12.0. The van der Waals surface area contributed by atoms with Crippen molar-refractivity contribution in [2.45, 2.75) is 44.4 Å². The molecule has 47 heavy (non-hydrogen) atoms. The number of aryl methyl sites for hydroxylation is 2. The van der Waals surface area contributed by atoms with Crippen molar-refractivity contribution in [3.63, 3.8) is 0 Å². The van der Waals surface area contributed by atoms with E-state index in [0.717, 1.165) is 41.6 Å². The van der Waals surface area contributed by atoms with Gasteiger partial charge in [0.2, 0.25) is 5.88 Å². The number of methoxy groups -OCH3 is 1. The fraction of sp³-hybridized carbons (Fsp3) is 0.306. The summed E-state index contributed by atoms with van der Waals surface area (Å²) < 4.78 is 17.7. The van der Waals surface area contributed by atoms with E-state index in [1.165, 1.54) is 13.3 Å². The Morgan fingerprint density at radius 2 is 1.83 bits per heavy atom. The van der Waals surface area contributed by atoms with E-state index in [1.807, 2.05) is 42.5 Å². The highest BCUT2D eigenvalue weighted by Gasteiger charge is 2.36. The van der Waals surface area contributed by atoms with Crippen LogP contribution in [0.5, 0.6) is 17.4 Å². The van der Waals surface area contributed by atoms with E-state index in [0.29, 0.717) is 53.6 Å². The normalized spacial score (nSPS) is 19.3. The SMILES string of the molecule is COc1nc2c(cc1C(=O)N1CC[C@@H]3Oc4ccc(cc4)CNC(=O)COc4cccc(c4)-c4cncc(c4)C(=O)N[C@@H]3C1)CCC2. The molecule has 0 radical (unpaired) electrons. The number of carbonyl (C=O) groups is 3. The lowest BCUT2D eigenvalue weighted by Gasteiger charge is -2.39. The van der Waals surface area contributed by atoms with Crippen LogP contribution < -0.4 is 24.8 Å². The molecule has 4 aromatic rings. The van der Waals surface area contributed by atoms with Gasteiger partial charge in [-0.1, -0.05) is 24.3 Å². The van der Waals surface area contributed by atoms with Gasteiger partial charge >= 0.3 is 0 Å². The lowest BCUT2D eigenvalue weighted by Crippen LogP contribution is -2.58. The maximum absolute atomic E-state index is 13.9. The number of ether oxygens (including phenoxy) is 3. The van der Waals surface area contributed by atoms with Gasteiger partial charge in [-0.3, -0.25) is 19.4 Å². The third kappa shape index (κ3) is 6.60. The van der Waals surface area contributed by atoms with Crippen LogP contribution in [0.2, 0.25) is 0 Å². The van der Waals surface area contributed by atoms with E-state index in [4.69, 9.17) is 14.2 Å². The number of carbonyl (C=O) groups excluding carboxylic acids is 3. The van der Waals surface area contributed by atoms with Crippen molar-refractivity contribution in [2.24, 2.45) is 0 Å². The van der Waals surface area contributed by atoms with Crippen LogP contribution in [0.3, 0.4) is 0 Å². The Morgan fingerprint density at radius 1 is 0.979 bits per heavy atom. The van der Waals surface area contributed by atoms with Crippen molar-refractivity contribution in [2.75, 3.05) is 26.8 Å². The fourth-order valence-electron chi connectivity index (χ4n) is 6.33. The Morgan fingerprint density at radius 3 is 2.68 bits per heavy atom. The maximum atomic E-state index is 13.9. The number of hydrogen-bond acceptors (Lipinski definition) is 8. The first-order chi connectivity index (χ1) is 22.9. The number of hydrogen-bond donors (Lipinski definition) is 2. The molecule has 5 heterocycles. The molecule has 0 unspecified atom stereocenters. The van der Waals surface area contributed by atoms with E-state index >= 15 is 0 Å². The number of nitrogens with one attached hydrogen (secondary N) is 2. The van der Waals surface area contributed by atoms with Crippen molar-refractivity contribution in [1.29, 1.82) is 0 Å². The fourth-order valence-corrected chi connectivity index (χ4v) is 6.33. The summed E-state index contributed by atoms with van der Waals surface area (Å²) >= 11 is 0. The Kier molecular flexibility index (Phi) is 8.43. The molecule has 1 aliphatic carbocycles. The Bertz CT molecular complexity index is 1830. The molecule has 11 nitrogen and oxygen atoms in total. The summed E-state index contributed by atoms with van der Waals surface area (Å²) in [5.74, 6) is 0.686. The molecule has 4 aliphatic rings. The number of rotatable bonds is 2. The molecule has 2 aromatic carbocycles. The van der Waals surface area contributed by atoms with Crippen LogP contribution in [0.1, 0.15) is 50.4 Å². The molecule has 3 amide bonds. The van der Waals surface area contributed by atoms with Crippen LogP contribution in [0.25, 0.3) is 11.1 Å². The van der Waals surface area contributed by atoms with Crippen LogP contribution in [-0.4, -0.2) is 71.5 Å². The van der Waals surface area contributed by atoms with Gasteiger partial charge in [0.1, 0.15) is 23.2 Å². The van der Waals surface area contributed by atoms with Crippen molar-refractivity contribution in [3.8, 4) is 28.5 Å². The van der Waals surface area contributed by atoms with E-state index in [1.54, 1.807) is 29.3 Å². The first-order valence-electron chi connectivity index (χ1n) is 15.8. The first-order valence-corrected chi connectivity index (χ1v) is 15.8. The smallest absolute Gasteiger partial charge is 0.259 e. The third-order valence-corrected chi connectivity index (χ3v) is 8.83. The van der Waals surface area contributed by atoms with Gasteiger partial charge in [-0.15, -0.1) is 0 Å². The first kappa shape index (κ1) is 30.2. The summed E-state index contributed by atoms with van der Waals surface area (Å²) in [4.78, 5) is 50.9. The molecule has 240 valence electrons. The number of benzene rings is 2. The minimum Gasteiger partial charge on any atom is -0.488 e. The van der Waals surface area contributed by atoms with Crippen molar-refractivity contribution < 1.29 is 28.6 Å². The Labute approximate surface area is 272 Å². The van der Waals surface area contributed by atoms with Crippen molar-refractivity contribution in [3.05, 3.63) is 101 Å². The average Bonchev–Trinajstić information content (AvgIpc) is 3.57. The molecule has 0 spiro atoms. The molecule has 6 bridgehead atoms. The predicted octanol–water partition coefficient (Wildman–Crippen LogP) is 3.74. The summed E-state index contributed by atoms with van der Waals surface area (Å²) in [7, 11) is 1.53. The second-order valence-electron chi connectivity index (χ2n) is 12.0. The molecule has 2 N–H and O–H groups in total. The number of likely N-dealkylation sites (tertiary alicyclic amines) is 1. The molecule has 1 fully saturated rings. The van der Waals surface area contributed by atoms with Crippen LogP contribution in [0, 0.1) is 0 Å². The van der Waals surface area contributed by atoms with Gasteiger partial charge in [-0.25, -0.2) is 4.98 Å². The number of pyridine rings is 2. The summed E-state index contributed by atoms with van der Waals surface area (Å²) in [5.41, 5.74) is 5.25. The number of piperidine rings is 1. The van der Waals surface area contributed by atoms with E-state index in [2.05, 4.69) is 20.6 Å². The summed E-state index contributed by atoms with van der Waals surface area (Å²) in [6.45, 7) is 0.854. The standard InChI is InChI=1S/C36H35N5O6/c1-45-35-29(16-24-5-3-7-30(24)40-35)36(44)41-13-12-32-31(20-41)39-34(43)26-14-25(18-37-19-26)23-4-2-6-28(15-23)46-21-33(42)38-17-22-8-10-27(47-32)11-9-22/h2,4,6,8-11,14-16,18-19,31-32H,3,5,7,12-13,17,20-21H2,1H3,(H,38,42)(H,39,43)/t31-,32+/m1/s1. The van der Waals surface area contributed by atoms with E-state index in [-0.39, 0.29) is 30.9 Å². The maximum Gasteiger partial charge on any atom is 0.259 e. The average molecular weight is 634 g/mol. The zero-order valence-electron chi connectivity index (χ0n) is 26.0. The van der Waals surface area contributed by atoms with Crippen LogP contribution in [-0.2, 0) is 24.2 Å². The molecule has 0 saturated carbocycles. The van der Waals surface area contributed by atoms with E-state index in [9.17, 15) is 14.4 Å². The Balaban J connectivity index is 1.19. The van der Waals surface area contributed by atoms with Gasteiger partial charge in [-0.05, 0) is 72.4 Å². The molecular formula is C36H35N5O6. The van der Waals surface area contributed by atoms with Gasteiger partial charge in [0.05, 0.1) is 18.7 Å². The molecule has 2 atom stereocenters. The Hall–Kier alpha value is -5.45. The summed E-state index contributed by atoms with van der Waals surface area (Å²) in [6.07, 6.45) is 6.02. The lowest BCUT2D eigenvalue weighted by atomic mass is 9.99. The minimum atomic E-state index is -0.529. The molecule has 11 heteroatoms.